The van der Waals surface area contributed by atoms with Gasteiger partial charge in [0, 0.05) is 6.42 Å². The van der Waals surface area contributed by atoms with Gasteiger partial charge in [0.1, 0.15) is 13.2 Å². The number of nitrogens with zero attached hydrogens (tertiary/aromatic N) is 1. The number of aliphatic hydroxyl groups is 1. The summed E-state index contributed by atoms with van der Waals surface area (Å²) < 4.78 is 22.9. The van der Waals surface area contributed by atoms with Gasteiger partial charge in [0.15, 0.2) is 0 Å². The fourth-order valence-electron chi connectivity index (χ4n) is 4.74. The summed E-state index contributed by atoms with van der Waals surface area (Å²) >= 11 is 0. The average Bonchev–Trinajstić information content (AvgIpc) is 2.95. The Hall–Kier alpha value is -1.02. The Bertz CT molecular complexity index is 784. The number of amides is 1. The zero-order chi connectivity index (χ0) is 32.9. The van der Waals surface area contributed by atoms with E-state index >= 15 is 0 Å². The highest BCUT2D eigenvalue weighted by Gasteiger charge is 2.23. The second-order valence-corrected chi connectivity index (χ2v) is 14.6. The predicted molar refractivity (Wildman–Crippen MR) is 182 cm³/mol. The van der Waals surface area contributed by atoms with Crippen molar-refractivity contribution in [3.05, 3.63) is 24.3 Å². The second kappa shape index (κ2) is 28.2. The van der Waals surface area contributed by atoms with Crippen molar-refractivity contribution in [2.45, 2.75) is 154 Å². The number of phosphoric ester groups is 1. The van der Waals surface area contributed by atoms with E-state index in [0.717, 1.165) is 38.5 Å². The summed E-state index contributed by atoms with van der Waals surface area (Å²) in [4.78, 5) is 25.0. The number of quaternary nitrogens is 1. The first-order chi connectivity index (χ1) is 21.0. The van der Waals surface area contributed by atoms with Gasteiger partial charge in [-0.1, -0.05) is 134 Å². The van der Waals surface area contributed by atoms with Gasteiger partial charge in [0.05, 0.1) is 39.9 Å². The van der Waals surface area contributed by atoms with Crippen LogP contribution in [0.2, 0.25) is 0 Å². The highest BCUT2D eigenvalue weighted by molar-refractivity contribution is 7.45. The molecule has 44 heavy (non-hydrogen) atoms. The number of nitrogens with one attached hydrogen (secondary N) is 1. The first-order valence-electron chi connectivity index (χ1n) is 17.7. The van der Waals surface area contributed by atoms with Crippen molar-refractivity contribution < 1.29 is 32.9 Å². The lowest BCUT2D eigenvalue weighted by Crippen LogP contribution is -2.45. The molecular formula is C35H69N2O6P. The Kier molecular flexibility index (Phi) is 27.6. The van der Waals surface area contributed by atoms with Crippen molar-refractivity contribution in [3.8, 4) is 0 Å². The van der Waals surface area contributed by atoms with Gasteiger partial charge in [0.2, 0.25) is 5.91 Å². The molecule has 0 bridgehead atoms. The van der Waals surface area contributed by atoms with Gasteiger partial charge < -0.3 is 28.8 Å². The van der Waals surface area contributed by atoms with Crippen LogP contribution in [0.5, 0.6) is 0 Å². The molecule has 0 rings (SSSR count). The molecule has 0 saturated carbocycles. The molecular weight excluding hydrogens is 575 g/mol. The van der Waals surface area contributed by atoms with Crippen molar-refractivity contribution >= 4 is 13.7 Å². The lowest BCUT2D eigenvalue weighted by Gasteiger charge is -2.29. The Morgan fingerprint density at radius 3 is 1.82 bits per heavy atom. The minimum atomic E-state index is -4.57. The van der Waals surface area contributed by atoms with Crippen LogP contribution >= 0.6 is 7.82 Å². The van der Waals surface area contributed by atoms with Crippen LogP contribution in [0.25, 0.3) is 0 Å². The normalized spacial score (nSPS) is 15.2. The van der Waals surface area contributed by atoms with Gasteiger partial charge in [-0.25, -0.2) is 0 Å². The van der Waals surface area contributed by atoms with Crippen molar-refractivity contribution in [2.75, 3.05) is 40.9 Å². The molecule has 0 aliphatic heterocycles. The Morgan fingerprint density at radius 2 is 1.27 bits per heavy atom. The Labute approximate surface area is 271 Å². The van der Waals surface area contributed by atoms with Crippen molar-refractivity contribution in [3.63, 3.8) is 0 Å². The number of rotatable bonds is 31. The molecule has 9 heteroatoms. The summed E-state index contributed by atoms with van der Waals surface area (Å²) in [5, 5.41) is 13.6. The molecule has 2 N–H and O–H groups in total. The van der Waals surface area contributed by atoms with Crippen LogP contribution in [0.15, 0.2) is 24.3 Å². The SMILES string of the molecule is CCCC/C=C/CC/C=C/C(O)C(COP(=O)([O-])OCC[N+](C)(C)C)NC(=O)CCCCCCCCCCCCCCCC. The predicted octanol–water partition coefficient (Wildman–Crippen LogP) is 7.99. The number of likely N-dealkylation sites (N-methyl/N-ethyl adjacent to an activating group) is 1. The third-order valence-corrected chi connectivity index (χ3v) is 8.63. The molecule has 0 saturated heterocycles. The number of hydrogen-bond donors (Lipinski definition) is 2. The van der Waals surface area contributed by atoms with Gasteiger partial charge in [-0.2, -0.15) is 0 Å². The zero-order valence-corrected chi connectivity index (χ0v) is 30.0. The van der Waals surface area contributed by atoms with Crippen LogP contribution in [0.4, 0.5) is 0 Å². The van der Waals surface area contributed by atoms with E-state index in [0.29, 0.717) is 17.4 Å². The quantitative estimate of drug-likeness (QED) is 0.0343. The Balaban J connectivity index is 4.51. The molecule has 1 amide bonds. The molecule has 0 aromatic rings. The maximum absolute atomic E-state index is 12.7. The van der Waals surface area contributed by atoms with E-state index in [9.17, 15) is 19.4 Å². The van der Waals surface area contributed by atoms with Gasteiger partial charge in [-0.15, -0.1) is 0 Å². The largest absolute Gasteiger partial charge is 0.756 e. The molecule has 0 fully saturated rings. The smallest absolute Gasteiger partial charge is 0.268 e. The lowest BCUT2D eigenvalue weighted by molar-refractivity contribution is -0.870. The highest BCUT2D eigenvalue weighted by atomic mass is 31.2. The van der Waals surface area contributed by atoms with E-state index in [4.69, 9.17) is 9.05 Å². The van der Waals surface area contributed by atoms with Crippen LogP contribution < -0.4 is 10.2 Å². The van der Waals surface area contributed by atoms with Crippen LogP contribution in [-0.2, 0) is 18.4 Å². The minimum absolute atomic E-state index is 0.00530. The number of hydrogen-bond acceptors (Lipinski definition) is 6. The third kappa shape index (κ3) is 29.7. The van der Waals surface area contributed by atoms with Crippen molar-refractivity contribution in [2.24, 2.45) is 0 Å². The first-order valence-corrected chi connectivity index (χ1v) is 19.2. The molecule has 0 aliphatic carbocycles. The topological polar surface area (TPSA) is 108 Å². The molecule has 8 nitrogen and oxygen atoms in total. The third-order valence-electron chi connectivity index (χ3n) is 7.66. The number of allylic oxidation sites excluding steroid dienone is 3. The molecule has 0 heterocycles. The van der Waals surface area contributed by atoms with Crippen LogP contribution in [0.1, 0.15) is 142 Å². The molecule has 0 spiro atoms. The van der Waals surface area contributed by atoms with E-state index in [1.807, 2.05) is 27.2 Å². The van der Waals surface area contributed by atoms with Gasteiger partial charge in [0.25, 0.3) is 7.82 Å². The summed E-state index contributed by atoms with van der Waals surface area (Å²) in [5.41, 5.74) is 0. The van der Waals surface area contributed by atoms with E-state index in [1.165, 1.54) is 83.5 Å². The molecule has 0 aliphatic rings. The molecule has 0 radical (unpaired) electrons. The molecule has 0 aromatic heterocycles. The standard InChI is InChI=1S/C35H69N2O6P/c1-6-8-10-12-14-16-17-18-19-20-21-23-25-27-29-35(39)36-33(32-43-44(40,41)42-31-30-37(3,4)5)34(38)28-26-24-22-15-13-11-9-7-2/h13,15,26,28,33-34,38H,6-12,14,16-25,27,29-32H2,1-5H3,(H-,36,39,40,41)/b15-13+,28-26+. The van der Waals surface area contributed by atoms with Crippen LogP contribution in [-0.4, -0.2) is 68.5 Å². The van der Waals surface area contributed by atoms with Gasteiger partial charge >= 0.3 is 0 Å². The van der Waals surface area contributed by atoms with Crippen LogP contribution in [0.3, 0.4) is 0 Å². The lowest BCUT2D eigenvalue weighted by atomic mass is 10.0. The van der Waals surface area contributed by atoms with Crippen molar-refractivity contribution in [1.82, 2.24) is 5.32 Å². The average molecular weight is 645 g/mol. The first kappa shape index (κ1) is 43.0. The summed E-state index contributed by atoms with van der Waals surface area (Å²) in [6.07, 6.45) is 29.5. The number of carbonyl (C=O) groups is 1. The maximum atomic E-state index is 12.7. The summed E-state index contributed by atoms with van der Waals surface area (Å²) in [6, 6.07) is -0.894. The molecule has 3 atom stereocenters. The number of phosphoric acid groups is 1. The number of aliphatic hydroxyl groups excluding tert-OH is 1. The fraction of sp³-hybridized carbons (Fsp3) is 0.857. The molecule has 0 aromatic carbocycles. The zero-order valence-electron chi connectivity index (χ0n) is 29.1. The monoisotopic (exact) mass is 644 g/mol. The van der Waals surface area contributed by atoms with E-state index in [2.05, 4.69) is 31.3 Å². The summed E-state index contributed by atoms with van der Waals surface area (Å²) in [5.74, 6) is -0.212. The summed E-state index contributed by atoms with van der Waals surface area (Å²) in [6.45, 7) is 4.52. The maximum Gasteiger partial charge on any atom is 0.268 e. The second-order valence-electron chi connectivity index (χ2n) is 13.2. The minimum Gasteiger partial charge on any atom is -0.756 e. The molecule has 260 valence electrons. The summed E-state index contributed by atoms with van der Waals surface area (Å²) in [7, 11) is 1.24. The fourth-order valence-corrected chi connectivity index (χ4v) is 5.46. The Morgan fingerprint density at radius 1 is 0.773 bits per heavy atom. The highest BCUT2D eigenvalue weighted by Crippen LogP contribution is 2.38. The van der Waals surface area contributed by atoms with E-state index in [-0.39, 0.29) is 12.5 Å². The number of carbonyl (C=O) groups excluding carboxylic acids is 1. The van der Waals surface area contributed by atoms with Gasteiger partial charge in [-0.3, -0.25) is 9.36 Å². The van der Waals surface area contributed by atoms with Crippen molar-refractivity contribution in [1.29, 1.82) is 0 Å². The van der Waals surface area contributed by atoms with Crippen LogP contribution in [0, 0.1) is 0 Å². The van der Waals surface area contributed by atoms with E-state index in [1.54, 1.807) is 6.08 Å². The number of unbranched alkanes of at least 4 members (excludes halogenated alkanes) is 16. The molecule has 3 unspecified atom stereocenters. The van der Waals surface area contributed by atoms with E-state index < -0.39 is 26.6 Å². The van der Waals surface area contributed by atoms with Gasteiger partial charge in [-0.05, 0) is 25.7 Å².